The van der Waals surface area contributed by atoms with Gasteiger partial charge in [0, 0.05) is 19.7 Å². The van der Waals surface area contributed by atoms with Gasteiger partial charge >= 0.3 is 0 Å². The van der Waals surface area contributed by atoms with Crippen LogP contribution in [0.5, 0.6) is 0 Å². The van der Waals surface area contributed by atoms with Crippen LogP contribution in [0.3, 0.4) is 0 Å². The van der Waals surface area contributed by atoms with Gasteiger partial charge in [-0.05, 0) is 44.8 Å². The van der Waals surface area contributed by atoms with Crippen LogP contribution in [0.4, 0.5) is 11.9 Å². The highest BCUT2D eigenvalue weighted by Gasteiger charge is 2.17. The molecule has 1 aromatic heterocycles. The number of ether oxygens (including phenoxy) is 1. The molecule has 2 rings (SSSR count). The molecule has 0 bridgehead atoms. The van der Waals surface area contributed by atoms with E-state index in [1.54, 1.807) is 7.11 Å². The average Bonchev–Trinajstić information content (AvgIpc) is 2.47. The summed E-state index contributed by atoms with van der Waals surface area (Å²) in [6.45, 7) is 5.30. The lowest BCUT2D eigenvalue weighted by atomic mass is 9.97. The summed E-state index contributed by atoms with van der Waals surface area (Å²) < 4.78 is 5.12. The Hall–Kier alpha value is -1.73. The molecule has 0 aliphatic heterocycles. The monoisotopic (exact) mass is 307 g/mol. The Balaban J connectivity index is 2.26. The molecular weight excluding hydrogens is 282 g/mol. The molecule has 1 aromatic rings. The van der Waals surface area contributed by atoms with Crippen molar-refractivity contribution < 1.29 is 9.84 Å². The highest BCUT2D eigenvalue weighted by atomic mass is 16.5. The highest BCUT2D eigenvalue weighted by Crippen LogP contribution is 2.25. The second-order valence-electron chi connectivity index (χ2n) is 5.49. The fourth-order valence-corrected chi connectivity index (χ4v) is 2.42. The zero-order valence-corrected chi connectivity index (χ0v) is 13.5. The lowest BCUT2D eigenvalue weighted by Crippen LogP contribution is -2.23. The van der Waals surface area contributed by atoms with Crippen LogP contribution in [0.25, 0.3) is 5.57 Å². The first kappa shape index (κ1) is 16.6. The van der Waals surface area contributed by atoms with Crippen LogP contribution >= 0.6 is 0 Å². The zero-order valence-electron chi connectivity index (χ0n) is 13.5. The van der Waals surface area contributed by atoms with Crippen molar-refractivity contribution in [2.24, 2.45) is 0 Å². The number of aliphatic hydroxyl groups excluding tert-OH is 1. The van der Waals surface area contributed by atoms with E-state index in [9.17, 15) is 5.11 Å². The summed E-state index contributed by atoms with van der Waals surface area (Å²) in [5.41, 5.74) is 0.975. The molecule has 7 heteroatoms. The van der Waals surface area contributed by atoms with Crippen molar-refractivity contribution in [3.63, 3.8) is 0 Å². The Morgan fingerprint density at radius 3 is 2.82 bits per heavy atom. The van der Waals surface area contributed by atoms with Crippen LogP contribution in [-0.2, 0) is 4.74 Å². The molecule has 0 spiro atoms. The van der Waals surface area contributed by atoms with Crippen molar-refractivity contribution in [2.45, 2.75) is 45.3 Å². The van der Waals surface area contributed by atoms with E-state index < -0.39 is 6.10 Å². The summed E-state index contributed by atoms with van der Waals surface area (Å²) in [6, 6.07) is 0.0978. The summed E-state index contributed by atoms with van der Waals surface area (Å²) in [5, 5.41) is 16.1. The second-order valence-corrected chi connectivity index (χ2v) is 5.49. The third-order valence-corrected chi connectivity index (χ3v) is 3.39. The quantitative estimate of drug-likeness (QED) is 0.705. The summed E-state index contributed by atoms with van der Waals surface area (Å²) in [6.07, 6.45) is 4.05. The number of aliphatic hydroxyl groups is 1. The predicted molar refractivity (Wildman–Crippen MR) is 86.8 cm³/mol. The molecule has 1 unspecified atom stereocenters. The molecule has 0 radical (unpaired) electrons. The van der Waals surface area contributed by atoms with Crippen LogP contribution in [0.15, 0.2) is 6.08 Å². The Kier molecular flexibility index (Phi) is 6.09. The minimum atomic E-state index is -0.410. The van der Waals surface area contributed by atoms with Crippen molar-refractivity contribution >= 4 is 17.5 Å². The van der Waals surface area contributed by atoms with Gasteiger partial charge in [-0.15, -0.1) is 0 Å². The number of nitrogens with one attached hydrogen (secondary N) is 2. The first-order valence-electron chi connectivity index (χ1n) is 7.77. The van der Waals surface area contributed by atoms with E-state index >= 15 is 0 Å². The predicted octanol–water partition coefficient (Wildman–Crippen LogP) is 1.68. The van der Waals surface area contributed by atoms with Crippen LogP contribution in [0.2, 0.25) is 0 Å². The van der Waals surface area contributed by atoms with Gasteiger partial charge in [0.2, 0.25) is 11.9 Å². The standard InChI is InChI=1S/C15H25N5O2/c1-4-16-14-18-13(11-6-5-7-12(21)8-11)19-15(20-14)17-10(2)9-22-3/h8,10,12,21H,4-7,9H2,1-3H3,(H2,16,17,18,19,20)/t10-,12?/m0/s1. The molecule has 1 aliphatic carbocycles. The Labute approximate surface area is 131 Å². The van der Waals surface area contributed by atoms with E-state index in [1.807, 2.05) is 19.9 Å². The van der Waals surface area contributed by atoms with E-state index in [0.717, 1.165) is 31.4 Å². The second kappa shape index (κ2) is 8.05. The van der Waals surface area contributed by atoms with Crippen molar-refractivity contribution in [3.8, 4) is 0 Å². The SMILES string of the molecule is CCNc1nc(N[C@@H](C)COC)nc(C2=CC(O)CCC2)n1. The Bertz CT molecular complexity index is 521. The van der Waals surface area contributed by atoms with Crippen molar-refractivity contribution in [2.75, 3.05) is 30.9 Å². The maximum Gasteiger partial charge on any atom is 0.228 e. The number of hydrogen-bond acceptors (Lipinski definition) is 7. The molecule has 3 N–H and O–H groups in total. The largest absolute Gasteiger partial charge is 0.389 e. The molecule has 122 valence electrons. The zero-order chi connectivity index (χ0) is 15.9. The molecule has 0 saturated heterocycles. The van der Waals surface area contributed by atoms with Crippen LogP contribution in [0.1, 0.15) is 38.9 Å². The molecule has 1 heterocycles. The Morgan fingerprint density at radius 1 is 1.36 bits per heavy atom. The maximum absolute atomic E-state index is 9.80. The number of hydrogen-bond donors (Lipinski definition) is 3. The van der Waals surface area contributed by atoms with Crippen molar-refractivity contribution in [1.82, 2.24) is 15.0 Å². The van der Waals surface area contributed by atoms with Gasteiger partial charge in [-0.25, -0.2) is 0 Å². The number of aromatic nitrogens is 3. The van der Waals surface area contributed by atoms with Gasteiger partial charge in [0.25, 0.3) is 0 Å². The summed E-state index contributed by atoms with van der Waals surface area (Å²) >= 11 is 0. The van der Waals surface area contributed by atoms with E-state index in [-0.39, 0.29) is 6.04 Å². The maximum atomic E-state index is 9.80. The number of anilines is 2. The lowest BCUT2D eigenvalue weighted by Gasteiger charge is -2.18. The van der Waals surface area contributed by atoms with E-state index in [4.69, 9.17) is 4.74 Å². The minimum absolute atomic E-state index is 0.0978. The Morgan fingerprint density at radius 2 is 2.14 bits per heavy atom. The summed E-state index contributed by atoms with van der Waals surface area (Å²) in [4.78, 5) is 13.3. The molecule has 0 amide bonds. The molecule has 22 heavy (non-hydrogen) atoms. The molecule has 0 saturated carbocycles. The molecular formula is C15H25N5O2. The van der Waals surface area contributed by atoms with Gasteiger partial charge in [-0.2, -0.15) is 15.0 Å². The normalized spacial score (nSPS) is 19.5. The molecule has 7 nitrogen and oxygen atoms in total. The fraction of sp³-hybridized carbons (Fsp3) is 0.667. The van der Waals surface area contributed by atoms with E-state index in [2.05, 4.69) is 25.6 Å². The van der Waals surface area contributed by atoms with Crippen molar-refractivity contribution in [1.29, 1.82) is 0 Å². The van der Waals surface area contributed by atoms with Gasteiger partial charge in [0.05, 0.1) is 12.7 Å². The lowest BCUT2D eigenvalue weighted by molar-refractivity contribution is 0.190. The van der Waals surface area contributed by atoms with Crippen LogP contribution < -0.4 is 10.6 Å². The first-order valence-corrected chi connectivity index (χ1v) is 7.77. The van der Waals surface area contributed by atoms with Gasteiger partial charge in [-0.1, -0.05) is 0 Å². The van der Waals surface area contributed by atoms with E-state index in [1.165, 1.54) is 0 Å². The summed E-state index contributed by atoms with van der Waals surface area (Å²) in [7, 11) is 1.66. The van der Waals surface area contributed by atoms with Crippen molar-refractivity contribution in [3.05, 3.63) is 11.9 Å². The fourth-order valence-electron chi connectivity index (χ4n) is 2.42. The van der Waals surface area contributed by atoms with Gasteiger partial charge in [0.15, 0.2) is 5.82 Å². The van der Waals surface area contributed by atoms with E-state index in [0.29, 0.717) is 24.3 Å². The van der Waals surface area contributed by atoms with Gasteiger partial charge in [-0.3, -0.25) is 0 Å². The number of nitrogens with zero attached hydrogens (tertiary/aromatic N) is 3. The third-order valence-electron chi connectivity index (χ3n) is 3.39. The first-order chi connectivity index (χ1) is 10.6. The number of rotatable bonds is 7. The van der Waals surface area contributed by atoms with Crippen LogP contribution in [0, 0.1) is 0 Å². The molecule has 2 atom stereocenters. The smallest absolute Gasteiger partial charge is 0.228 e. The highest BCUT2D eigenvalue weighted by molar-refractivity contribution is 5.63. The minimum Gasteiger partial charge on any atom is -0.389 e. The van der Waals surface area contributed by atoms with Gasteiger partial charge in [0.1, 0.15) is 0 Å². The number of allylic oxidation sites excluding steroid dienone is 1. The number of methoxy groups -OCH3 is 1. The van der Waals surface area contributed by atoms with Gasteiger partial charge < -0.3 is 20.5 Å². The van der Waals surface area contributed by atoms with Crippen LogP contribution in [-0.4, -0.2) is 52.5 Å². The third kappa shape index (κ3) is 4.64. The molecule has 1 aliphatic rings. The summed E-state index contributed by atoms with van der Waals surface area (Å²) in [5.74, 6) is 1.68. The molecule has 0 fully saturated rings. The average molecular weight is 307 g/mol. The topological polar surface area (TPSA) is 92.2 Å². The molecule has 0 aromatic carbocycles.